The highest BCUT2D eigenvalue weighted by atomic mass is 35.5. The molecule has 1 amide bonds. The van der Waals surface area contributed by atoms with Crippen LogP contribution in [0.1, 0.15) is 35.3 Å². The molecule has 1 aliphatic heterocycles. The van der Waals surface area contributed by atoms with Crippen LogP contribution < -0.4 is 30.3 Å². The number of ether oxygens (including phenoxy) is 2. The van der Waals surface area contributed by atoms with E-state index in [1.54, 1.807) is 38.7 Å². The Bertz CT molecular complexity index is 1330. The fourth-order valence-corrected chi connectivity index (χ4v) is 4.71. The Kier molecular flexibility index (Phi) is 8.58. The molecule has 0 bridgehead atoms. The average molecular weight is 537 g/mol. The molecular weight excluding hydrogens is 504 g/mol. The zero-order chi connectivity index (χ0) is 27.2. The number of carbonyl (C=O) groups is 1. The molecular formula is C28H33ClN6O3. The van der Waals surface area contributed by atoms with Crippen LogP contribution in [-0.2, 0) is 12.8 Å². The van der Waals surface area contributed by atoms with Crippen molar-refractivity contribution in [3.8, 4) is 11.5 Å². The molecule has 3 aromatic rings. The number of carbonyl (C=O) groups excluding carboxylic acids is 1. The summed E-state index contributed by atoms with van der Waals surface area (Å²) in [5, 5.41) is 9.80. The van der Waals surface area contributed by atoms with Crippen molar-refractivity contribution < 1.29 is 14.3 Å². The molecule has 4 rings (SSSR count). The Morgan fingerprint density at radius 3 is 2.53 bits per heavy atom. The SMILES string of the molecule is CNC(=O)c1cc(CCc2cnc(Nc3ccc(N4C=C(C)N[C@@H](C)C4)c(OC)c3)nc2)c(Cl)c(OC)c1. The minimum Gasteiger partial charge on any atom is -0.495 e. The summed E-state index contributed by atoms with van der Waals surface area (Å²) in [5.41, 5.74) is 5.20. The molecule has 38 heavy (non-hydrogen) atoms. The second kappa shape index (κ2) is 12.0. The molecule has 2 aromatic carbocycles. The van der Waals surface area contributed by atoms with Gasteiger partial charge in [-0.2, -0.15) is 0 Å². The summed E-state index contributed by atoms with van der Waals surface area (Å²) in [6, 6.07) is 9.72. The van der Waals surface area contributed by atoms with E-state index in [1.165, 1.54) is 7.11 Å². The number of aryl methyl sites for hydroxylation is 2. The number of nitrogens with one attached hydrogen (secondary N) is 3. The number of hydrogen-bond acceptors (Lipinski definition) is 8. The molecule has 1 aromatic heterocycles. The van der Waals surface area contributed by atoms with E-state index < -0.39 is 0 Å². The normalized spacial score (nSPS) is 14.8. The summed E-state index contributed by atoms with van der Waals surface area (Å²) in [6.07, 6.45) is 6.91. The number of rotatable bonds is 9. The summed E-state index contributed by atoms with van der Waals surface area (Å²) in [6.45, 7) is 5.05. The molecule has 0 spiro atoms. The topological polar surface area (TPSA) is 101 Å². The van der Waals surface area contributed by atoms with E-state index in [1.807, 2.05) is 18.2 Å². The fourth-order valence-electron chi connectivity index (χ4n) is 4.43. The molecule has 0 radical (unpaired) electrons. The summed E-state index contributed by atoms with van der Waals surface area (Å²) >= 11 is 6.49. The smallest absolute Gasteiger partial charge is 0.251 e. The van der Waals surface area contributed by atoms with Crippen molar-refractivity contribution >= 4 is 34.8 Å². The first-order valence-corrected chi connectivity index (χ1v) is 12.7. The molecule has 0 unspecified atom stereocenters. The van der Waals surface area contributed by atoms with E-state index in [0.29, 0.717) is 41.2 Å². The zero-order valence-corrected chi connectivity index (χ0v) is 23.0. The standard InChI is InChI=1S/C28H33ClN6O3/c1-17-15-35(16-18(2)33-17)23-9-8-22(12-24(23)37-4)34-28-31-13-19(14-32-28)6-7-20-10-21(27(36)30-3)11-25(38-5)26(20)29/h8-15,18,33H,6-7,16H2,1-5H3,(H,30,36)(H,31,32,34)/t18-/m0/s1. The van der Waals surface area contributed by atoms with E-state index in [4.69, 9.17) is 21.1 Å². The van der Waals surface area contributed by atoms with Gasteiger partial charge in [-0.05, 0) is 62.1 Å². The number of methoxy groups -OCH3 is 2. The van der Waals surface area contributed by atoms with Gasteiger partial charge in [-0.3, -0.25) is 4.79 Å². The van der Waals surface area contributed by atoms with E-state index >= 15 is 0 Å². The van der Waals surface area contributed by atoms with Gasteiger partial charge in [-0.15, -0.1) is 0 Å². The third-order valence-corrected chi connectivity index (χ3v) is 6.68. The predicted molar refractivity (Wildman–Crippen MR) is 151 cm³/mol. The first-order chi connectivity index (χ1) is 18.3. The van der Waals surface area contributed by atoms with E-state index in [2.05, 4.69) is 50.9 Å². The van der Waals surface area contributed by atoms with Crippen molar-refractivity contribution in [1.82, 2.24) is 20.6 Å². The highest BCUT2D eigenvalue weighted by molar-refractivity contribution is 6.33. The van der Waals surface area contributed by atoms with Gasteiger partial charge in [0, 0.05) is 61.2 Å². The van der Waals surface area contributed by atoms with E-state index in [9.17, 15) is 4.79 Å². The van der Waals surface area contributed by atoms with Gasteiger partial charge >= 0.3 is 0 Å². The number of anilines is 3. The summed E-state index contributed by atoms with van der Waals surface area (Å²) < 4.78 is 11.0. The van der Waals surface area contributed by atoms with Crippen molar-refractivity contribution in [2.24, 2.45) is 0 Å². The van der Waals surface area contributed by atoms with Gasteiger partial charge in [0.25, 0.3) is 5.91 Å². The second-order valence-electron chi connectivity index (χ2n) is 9.17. The molecule has 2 heterocycles. The van der Waals surface area contributed by atoms with Crippen LogP contribution in [0, 0.1) is 0 Å². The molecule has 10 heteroatoms. The summed E-state index contributed by atoms with van der Waals surface area (Å²) in [5.74, 6) is 1.52. The molecule has 0 fully saturated rings. The second-order valence-corrected chi connectivity index (χ2v) is 9.55. The lowest BCUT2D eigenvalue weighted by atomic mass is 10.0. The Balaban J connectivity index is 1.44. The predicted octanol–water partition coefficient (Wildman–Crippen LogP) is 4.70. The Morgan fingerprint density at radius 1 is 1.13 bits per heavy atom. The first-order valence-electron chi connectivity index (χ1n) is 12.4. The minimum absolute atomic E-state index is 0.196. The molecule has 9 nitrogen and oxygen atoms in total. The van der Waals surface area contributed by atoms with Crippen LogP contribution in [-0.4, -0.2) is 49.7 Å². The number of aromatic nitrogens is 2. The highest BCUT2D eigenvalue weighted by Gasteiger charge is 2.19. The first kappa shape index (κ1) is 27.1. The molecule has 1 aliphatic rings. The van der Waals surface area contributed by atoms with Gasteiger partial charge < -0.3 is 30.3 Å². The summed E-state index contributed by atoms with van der Waals surface area (Å²) in [7, 11) is 4.79. The van der Waals surface area contributed by atoms with Crippen LogP contribution >= 0.6 is 11.6 Å². The number of benzene rings is 2. The Morgan fingerprint density at radius 2 is 1.87 bits per heavy atom. The average Bonchev–Trinajstić information content (AvgIpc) is 2.92. The maximum Gasteiger partial charge on any atom is 0.251 e. The number of hydrogen-bond donors (Lipinski definition) is 3. The maximum absolute atomic E-state index is 12.1. The minimum atomic E-state index is -0.196. The Hall–Kier alpha value is -3.98. The zero-order valence-electron chi connectivity index (χ0n) is 22.3. The molecule has 0 saturated carbocycles. The maximum atomic E-state index is 12.1. The third-order valence-electron chi connectivity index (χ3n) is 6.25. The van der Waals surface area contributed by atoms with Gasteiger partial charge in [-0.1, -0.05) is 11.6 Å². The van der Waals surface area contributed by atoms with Gasteiger partial charge in [0.05, 0.1) is 24.9 Å². The Labute approximate surface area is 228 Å². The number of nitrogens with zero attached hydrogens (tertiary/aromatic N) is 3. The van der Waals surface area contributed by atoms with Crippen LogP contribution in [0.3, 0.4) is 0 Å². The number of amides is 1. The van der Waals surface area contributed by atoms with Gasteiger partial charge in [0.2, 0.25) is 5.95 Å². The lowest BCUT2D eigenvalue weighted by Crippen LogP contribution is -2.41. The van der Waals surface area contributed by atoms with Crippen LogP contribution in [0.4, 0.5) is 17.3 Å². The van der Waals surface area contributed by atoms with Crippen LogP contribution in [0.15, 0.2) is 54.6 Å². The third kappa shape index (κ3) is 6.28. The lowest BCUT2D eigenvalue weighted by Gasteiger charge is -2.32. The van der Waals surface area contributed by atoms with Crippen molar-refractivity contribution in [1.29, 1.82) is 0 Å². The largest absolute Gasteiger partial charge is 0.495 e. The van der Waals surface area contributed by atoms with Crippen LogP contribution in [0.25, 0.3) is 0 Å². The van der Waals surface area contributed by atoms with Gasteiger partial charge in [-0.25, -0.2) is 9.97 Å². The van der Waals surface area contributed by atoms with Crippen molar-refractivity contribution in [3.05, 3.63) is 76.3 Å². The lowest BCUT2D eigenvalue weighted by molar-refractivity contribution is 0.0962. The van der Waals surface area contributed by atoms with Crippen molar-refractivity contribution in [3.63, 3.8) is 0 Å². The molecule has 3 N–H and O–H groups in total. The molecule has 0 aliphatic carbocycles. The monoisotopic (exact) mass is 536 g/mol. The van der Waals surface area contributed by atoms with E-state index in [0.717, 1.165) is 40.5 Å². The van der Waals surface area contributed by atoms with Crippen molar-refractivity contribution in [2.75, 3.05) is 38.0 Å². The molecule has 1 atom stereocenters. The van der Waals surface area contributed by atoms with E-state index in [-0.39, 0.29) is 5.91 Å². The fraction of sp³-hybridized carbons (Fsp3) is 0.321. The number of allylic oxidation sites excluding steroid dienone is 1. The van der Waals surface area contributed by atoms with Crippen LogP contribution in [0.2, 0.25) is 5.02 Å². The molecule has 0 saturated heterocycles. The summed E-state index contributed by atoms with van der Waals surface area (Å²) in [4.78, 5) is 23.3. The molecule has 200 valence electrons. The van der Waals surface area contributed by atoms with Gasteiger partial charge in [0.1, 0.15) is 11.5 Å². The van der Waals surface area contributed by atoms with Crippen molar-refractivity contribution in [2.45, 2.75) is 32.7 Å². The van der Waals surface area contributed by atoms with Crippen LogP contribution in [0.5, 0.6) is 11.5 Å². The quantitative estimate of drug-likeness (QED) is 0.362. The highest BCUT2D eigenvalue weighted by Crippen LogP contribution is 2.34. The number of halogens is 1. The van der Waals surface area contributed by atoms with Gasteiger partial charge in [0.15, 0.2) is 0 Å².